The molecular weight excluding hydrogens is 631 g/mol. The van der Waals surface area contributed by atoms with Gasteiger partial charge in [-0.3, -0.25) is 9.80 Å². The number of morpholine rings is 1. The predicted octanol–water partition coefficient (Wildman–Crippen LogP) is 3.80. The highest BCUT2D eigenvalue weighted by Gasteiger charge is 2.44. The lowest BCUT2D eigenvalue weighted by Crippen LogP contribution is -2.68. The fourth-order valence-corrected chi connectivity index (χ4v) is 6.94. The van der Waals surface area contributed by atoms with Crippen molar-refractivity contribution in [2.45, 2.75) is 24.5 Å². The second-order valence-corrected chi connectivity index (χ2v) is 11.5. The van der Waals surface area contributed by atoms with E-state index < -0.39 is 0 Å². The van der Waals surface area contributed by atoms with Gasteiger partial charge in [-0.15, -0.1) is 24.8 Å². The molecule has 2 aromatic carbocycles. The fourth-order valence-electron chi connectivity index (χ4n) is 6.94. The number of halogens is 2. The minimum atomic E-state index is 0. The van der Waals surface area contributed by atoms with Crippen molar-refractivity contribution in [2.24, 2.45) is 0 Å². The number of fused-ring (bicyclic) bond motifs is 1. The first-order chi connectivity index (χ1) is 21.6. The zero-order valence-corrected chi connectivity index (χ0v) is 28.3. The Labute approximate surface area is 283 Å². The van der Waals surface area contributed by atoms with E-state index in [4.69, 9.17) is 18.9 Å². The molecule has 2 amide bonds. The van der Waals surface area contributed by atoms with Gasteiger partial charge in [0.2, 0.25) is 11.8 Å². The van der Waals surface area contributed by atoms with Crippen LogP contribution in [0.15, 0.2) is 60.7 Å². The van der Waals surface area contributed by atoms with Crippen molar-refractivity contribution in [1.82, 2.24) is 29.6 Å². The number of carbonyl (C=O) groups is 1. The number of piperazine rings is 2. The molecule has 3 saturated heterocycles. The molecule has 3 aromatic rings. The van der Waals surface area contributed by atoms with Gasteiger partial charge in [-0.25, -0.2) is 4.79 Å². The zero-order chi connectivity index (χ0) is 30.5. The van der Waals surface area contributed by atoms with Crippen molar-refractivity contribution < 1.29 is 23.7 Å². The summed E-state index contributed by atoms with van der Waals surface area (Å²) in [6.07, 6.45) is 0. The Balaban J connectivity index is 0.00000240. The van der Waals surface area contributed by atoms with Gasteiger partial charge in [0.15, 0.2) is 0 Å². The van der Waals surface area contributed by atoms with Crippen LogP contribution in [0, 0.1) is 0 Å². The second kappa shape index (κ2) is 16.5. The van der Waals surface area contributed by atoms with Crippen molar-refractivity contribution >= 4 is 30.8 Å². The number of rotatable bonds is 8. The molecule has 250 valence electrons. The number of hydrogen-bond acceptors (Lipinski definition) is 9. The molecule has 11 nitrogen and oxygen atoms in total. The smallest absolute Gasteiger partial charge is 0.322 e. The lowest BCUT2D eigenvalue weighted by molar-refractivity contribution is -0.0315. The van der Waals surface area contributed by atoms with Crippen LogP contribution in [0.25, 0.3) is 0 Å². The highest BCUT2D eigenvalue weighted by Crippen LogP contribution is 2.37. The third kappa shape index (κ3) is 7.61. The van der Waals surface area contributed by atoms with Crippen LogP contribution < -0.4 is 14.2 Å². The molecule has 6 rings (SSSR count). The Morgan fingerprint density at radius 2 is 1.37 bits per heavy atom. The summed E-state index contributed by atoms with van der Waals surface area (Å²) in [5.41, 5.74) is 3.33. The predicted molar refractivity (Wildman–Crippen MR) is 180 cm³/mol. The van der Waals surface area contributed by atoms with E-state index in [1.807, 2.05) is 9.80 Å². The fraction of sp³-hybridized carbons (Fsp3) is 0.485. The maximum atomic E-state index is 13.6. The number of nitrogens with zero attached hydrogens (tertiary/aromatic N) is 6. The molecule has 0 aliphatic carbocycles. The number of carbonyl (C=O) groups excluding carboxylic acids is 1. The first-order valence-corrected chi connectivity index (χ1v) is 15.3. The summed E-state index contributed by atoms with van der Waals surface area (Å²) in [5.74, 6) is 1.01. The molecule has 3 aliphatic heterocycles. The molecule has 0 saturated carbocycles. The van der Waals surface area contributed by atoms with Gasteiger partial charge < -0.3 is 28.7 Å². The minimum Gasteiger partial charge on any atom is -0.481 e. The van der Waals surface area contributed by atoms with Gasteiger partial charge in [-0.05, 0) is 11.1 Å². The van der Waals surface area contributed by atoms with Gasteiger partial charge in [0.05, 0.1) is 40.1 Å². The number of ether oxygens (including phenoxy) is 4. The maximum Gasteiger partial charge on any atom is 0.322 e. The molecule has 0 bridgehead atoms. The molecule has 46 heavy (non-hydrogen) atoms. The van der Waals surface area contributed by atoms with Crippen molar-refractivity contribution in [1.29, 1.82) is 0 Å². The average molecular weight is 676 g/mol. The molecule has 3 fully saturated rings. The van der Waals surface area contributed by atoms with Crippen LogP contribution in [0.5, 0.6) is 17.8 Å². The number of methoxy groups -OCH3 is 3. The summed E-state index contributed by atoms with van der Waals surface area (Å²) in [6.45, 7) is 6.75. The van der Waals surface area contributed by atoms with Crippen LogP contribution in [0.4, 0.5) is 4.79 Å². The van der Waals surface area contributed by atoms with Gasteiger partial charge >= 0.3 is 12.0 Å². The highest BCUT2D eigenvalue weighted by molar-refractivity contribution is 5.85. The van der Waals surface area contributed by atoms with Crippen molar-refractivity contribution in [3.8, 4) is 17.8 Å². The van der Waals surface area contributed by atoms with Crippen molar-refractivity contribution in [2.75, 3.05) is 80.4 Å². The lowest BCUT2D eigenvalue weighted by Gasteiger charge is -2.54. The lowest BCUT2D eigenvalue weighted by atomic mass is 9.81. The molecule has 0 N–H and O–H groups in total. The van der Waals surface area contributed by atoms with Crippen LogP contribution in [0.2, 0.25) is 0 Å². The van der Waals surface area contributed by atoms with E-state index in [0.29, 0.717) is 57.7 Å². The van der Waals surface area contributed by atoms with E-state index in [1.54, 1.807) is 14.2 Å². The molecule has 0 spiro atoms. The summed E-state index contributed by atoms with van der Waals surface area (Å²) in [4.78, 5) is 31.5. The molecule has 1 aromatic heterocycles. The van der Waals surface area contributed by atoms with Crippen LogP contribution in [0.1, 0.15) is 22.6 Å². The molecule has 13 heteroatoms. The molecule has 4 heterocycles. The van der Waals surface area contributed by atoms with Gasteiger partial charge in [0.25, 0.3) is 0 Å². The highest BCUT2D eigenvalue weighted by atomic mass is 35.5. The minimum absolute atomic E-state index is 0. The molecule has 3 aliphatic rings. The Kier molecular flexibility index (Phi) is 12.7. The number of benzene rings is 2. The summed E-state index contributed by atoms with van der Waals surface area (Å²) in [7, 11) is 4.73. The van der Waals surface area contributed by atoms with Crippen molar-refractivity contribution in [3.05, 3.63) is 77.4 Å². The summed E-state index contributed by atoms with van der Waals surface area (Å²) >= 11 is 0. The average Bonchev–Trinajstić information content (AvgIpc) is 3.09. The number of hydrogen-bond donors (Lipinski definition) is 0. The van der Waals surface area contributed by atoms with Crippen LogP contribution in [0.3, 0.4) is 0 Å². The summed E-state index contributed by atoms with van der Waals surface area (Å²) in [6, 6.07) is 22.1. The Morgan fingerprint density at radius 3 is 1.91 bits per heavy atom. The van der Waals surface area contributed by atoms with Crippen LogP contribution in [-0.2, 0) is 11.3 Å². The van der Waals surface area contributed by atoms with E-state index in [9.17, 15) is 4.79 Å². The third-order valence-corrected chi connectivity index (χ3v) is 8.98. The van der Waals surface area contributed by atoms with E-state index in [2.05, 4.69) is 80.4 Å². The molecule has 0 unspecified atom stereocenters. The Bertz CT molecular complexity index is 1340. The van der Waals surface area contributed by atoms with Crippen LogP contribution >= 0.6 is 24.8 Å². The van der Waals surface area contributed by atoms with Gasteiger partial charge in [0.1, 0.15) is 0 Å². The van der Waals surface area contributed by atoms with Gasteiger partial charge in [0, 0.05) is 70.4 Å². The van der Waals surface area contributed by atoms with E-state index in [1.165, 1.54) is 18.2 Å². The quantitative estimate of drug-likeness (QED) is 0.354. The van der Waals surface area contributed by atoms with Gasteiger partial charge in [-0.2, -0.15) is 9.97 Å². The topological polar surface area (TPSA) is 92.7 Å². The van der Waals surface area contributed by atoms with E-state index in [0.717, 1.165) is 25.2 Å². The first-order valence-electron chi connectivity index (χ1n) is 15.3. The summed E-state index contributed by atoms with van der Waals surface area (Å²) < 4.78 is 22.2. The standard InChI is InChI=1S/C33H42N6O5.2ClH/c1-41-30-27(31(42-2)35-32(34-30)43-3)22-36-20-26-21-38(33(40)37-16-18-44-19-17-37)14-15-39(26)28(23-36)29(24-10-6-4-7-11-24)25-12-8-5-9-13-25;;/h4-13,26,28-29H,14-23H2,1-3H3;2*1H/t26-,28+;;/m1../s1. The first kappa shape index (κ1) is 35.5. The molecular formula is C33H44Cl2N6O5. The van der Waals surface area contributed by atoms with E-state index in [-0.39, 0.29) is 54.9 Å². The van der Waals surface area contributed by atoms with Crippen LogP contribution in [-0.4, -0.2) is 128 Å². The largest absolute Gasteiger partial charge is 0.481 e. The number of aromatic nitrogens is 2. The molecule has 0 radical (unpaired) electrons. The van der Waals surface area contributed by atoms with Gasteiger partial charge in [-0.1, -0.05) is 60.7 Å². The SMILES string of the molecule is COc1nc(OC)c(CN2C[C@@H]3CN(C(=O)N4CCOCC4)CCN3[C@H](C(c3ccccc3)c3ccccc3)C2)c(OC)n1.Cl.Cl. The zero-order valence-electron chi connectivity index (χ0n) is 26.6. The number of urea groups is 1. The maximum absolute atomic E-state index is 13.6. The summed E-state index contributed by atoms with van der Waals surface area (Å²) in [5, 5.41) is 0. The Morgan fingerprint density at radius 1 is 0.783 bits per heavy atom. The molecule has 2 atom stereocenters. The van der Waals surface area contributed by atoms with E-state index >= 15 is 0 Å². The second-order valence-electron chi connectivity index (χ2n) is 11.5. The normalized spacial score (nSPS) is 20.3. The van der Waals surface area contributed by atoms with Crippen molar-refractivity contribution in [3.63, 3.8) is 0 Å². The number of amides is 2. The monoisotopic (exact) mass is 674 g/mol. The third-order valence-electron chi connectivity index (χ3n) is 8.98. The Hall–Kier alpha value is -3.35.